The molecule has 0 aromatic carbocycles. The number of rotatable bonds is 8. The first-order valence-electron chi connectivity index (χ1n) is 6.35. The minimum absolute atomic E-state index is 0.746. The topological polar surface area (TPSA) is 12.0 Å². The average Bonchev–Trinajstić information content (AvgIpc) is 2.17. The fourth-order valence-electron chi connectivity index (χ4n) is 1.49. The minimum Gasteiger partial charge on any atom is -0.314 e. The largest absolute Gasteiger partial charge is 0.314 e. The molecule has 0 fully saturated rings. The van der Waals surface area contributed by atoms with Gasteiger partial charge in [-0.05, 0) is 31.2 Å². The van der Waals surface area contributed by atoms with E-state index in [0.29, 0.717) is 0 Å². The van der Waals surface area contributed by atoms with Crippen molar-refractivity contribution >= 4 is 0 Å². The smallest absolute Gasteiger partial charge is 0.00645 e. The molecule has 2 atom stereocenters. The molecule has 0 aliphatic rings. The normalized spacial score (nSPS) is 15.9. The Morgan fingerprint density at radius 3 is 2.14 bits per heavy atom. The second-order valence-corrected chi connectivity index (χ2v) is 4.88. The van der Waals surface area contributed by atoms with Crippen LogP contribution < -0.4 is 5.32 Å². The van der Waals surface area contributed by atoms with E-state index in [1.54, 1.807) is 0 Å². The van der Waals surface area contributed by atoms with Crippen LogP contribution in [0.15, 0.2) is 0 Å². The first-order chi connectivity index (χ1) is 6.61. The third-order valence-electron chi connectivity index (χ3n) is 3.27. The molecule has 0 spiro atoms. The van der Waals surface area contributed by atoms with Crippen molar-refractivity contribution in [2.75, 3.05) is 6.54 Å². The highest BCUT2D eigenvalue weighted by molar-refractivity contribution is 4.68. The summed E-state index contributed by atoms with van der Waals surface area (Å²) in [6.45, 7) is 12.7. The van der Waals surface area contributed by atoms with E-state index in [1.807, 2.05) is 0 Å². The van der Waals surface area contributed by atoms with Crippen LogP contribution in [0.3, 0.4) is 0 Å². The highest BCUT2D eigenvalue weighted by atomic mass is 14.9. The molecule has 0 heterocycles. The Morgan fingerprint density at radius 1 is 1.07 bits per heavy atom. The molecule has 1 unspecified atom stereocenters. The number of hydrogen-bond acceptors (Lipinski definition) is 1. The van der Waals surface area contributed by atoms with E-state index < -0.39 is 0 Å². The molecule has 1 N–H and O–H groups in total. The SMILES string of the molecule is CCCCC(CC)NC[C@@H](C)C(C)C. The summed E-state index contributed by atoms with van der Waals surface area (Å²) < 4.78 is 0. The first kappa shape index (κ1) is 14.0. The molecule has 86 valence electrons. The van der Waals surface area contributed by atoms with E-state index in [9.17, 15) is 0 Å². The summed E-state index contributed by atoms with van der Waals surface area (Å²) in [5.41, 5.74) is 0. The molecule has 1 heteroatoms. The molecule has 1 nitrogen and oxygen atoms in total. The van der Waals surface area contributed by atoms with E-state index >= 15 is 0 Å². The van der Waals surface area contributed by atoms with Gasteiger partial charge < -0.3 is 5.32 Å². The average molecular weight is 199 g/mol. The van der Waals surface area contributed by atoms with Crippen LogP contribution in [0.1, 0.15) is 60.3 Å². The summed E-state index contributed by atoms with van der Waals surface area (Å²) in [7, 11) is 0. The number of nitrogens with one attached hydrogen (secondary N) is 1. The van der Waals surface area contributed by atoms with Gasteiger partial charge in [0, 0.05) is 6.04 Å². The van der Waals surface area contributed by atoms with Crippen molar-refractivity contribution in [2.45, 2.75) is 66.3 Å². The molecule has 0 aromatic heterocycles. The molecule has 0 bridgehead atoms. The summed E-state index contributed by atoms with van der Waals surface area (Å²) in [5.74, 6) is 1.59. The summed E-state index contributed by atoms with van der Waals surface area (Å²) in [6.07, 6.45) is 5.29. The zero-order chi connectivity index (χ0) is 11.0. The van der Waals surface area contributed by atoms with Crippen molar-refractivity contribution in [1.82, 2.24) is 5.32 Å². The Morgan fingerprint density at radius 2 is 1.71 bits per heavy atom. The van der Waals surface area contributed by atoms with Crippen molar-refractivity contribution in [1.29, 1.82) is 0 Å². The van der Waals surface area contributed by atoms with E-state index in [-0.39, 0.29) is 0 Å². The van der Waals surface area contributed by atoms with Crippen LogP contribution in [-0.2, 0) is 0 Å². The summed E-state index contributed by atoms with van der Waals surface area (Å²) in [5, 5.41) is 3.69. The quantitative estimate of drug-likeness (QED) is 0.626. The van der Waals surface area contributed by atoms with Crippen molar-refractivity contribution in [3.63, 3.8) is 0 Å². The predicted octanol–water partition coefficient (Wildman–Crippen LogP) is 3.84. The number of hydrogen-bond donors (Lipinski definition) is 1. The highest BCUT2D eigenvalue weighted by Gasteiger charge is 2.10. The Kier molecular flexibility index (Phi) is 8.26. The standard InChI is InChI=1S/C13H29N/c1-6-8-9-13(7-2)14-10-12(5)11(3)4/h11-14H,6-10H2,1-5H3/t12-,13?/m1/s1. The second-order valence-electron chi connectivity index (χ2n) is 4.88. The number of unbranched alkanes of at least 4 members (excludes halogenated alkanes) is 1. The lowest BCUT2D eigenvalue weighted by atomic mass is 9.97. The van der Waals surface area contributed by atoms with E-state index in [2.05, 4.69) is 39.9 Å². The maximum absolute atomic E-state index is 3.69. The molecule has 0 saturated heterocycles. The van der Waals surface area contributed by atoms with Crippen molar-refractivity contribution < 1.29 is 0 Å². The maximum Gasteiger partial charge on any atom is 0.00645 e. The van der Waals surface area contributed by atoms with Gasteiger partial charge in [0.25, 0.3) is 0 Å². The molecule has 0 saturated carbocycles. The van der Waals surface area contributed by atoms with E-state index in [0.717, 1.165) is 17.9 Å². The minimum atomic E-state index is 0.746. The van der Waals surface area contributed by atoms with Gasteiger partial charge in [0.15, 0.2) is 0 Å². The Labute approximate surface area is 90.7 Å². The maximum atomic E-state index is 3.69. The Hall–Kier alpha value is -0.0400. The van der Waals surface area contributed by atoms with Crippen molar-refractivity contribution in [2.24, 2.45) is 11.8 Å². The molecule has 0 amide bonds. The summed E-state index contributed by atoms with van der Waals surface area (Å²) in [4.78, 5) is 0. The second kappa shape index (κ2) is 8.28. The van der Waals surface area contributed by atoms with Gasteiger partial charge in [0.05, 0.1) is 0 Å². The fraction of sp³-hybridized carbons (Fsp3) is 1.00. The van der Waals surface area contributed by atoms with Crippen molar-refractivity contribution in [3.05, 3.63) is 0 Å². The first-order valence-corrected chi connectivity index (χ1v) is 6.35. The molecule has 0 rings (SSSR count). The third-order valence-corrected chi connectivity index (χ3v) is 3.27. The molecule has 0 radical (unpaired) electrons. The monoisotopic (exact) mass is 199 g/mol. The molecule has 0 aliphatic heterocycles. The molecular weight excluding hydrogens is 170 g/mol. The van der Waals surface area contributed by atoms with Crippen LogP contribution in [-0.4, -0.2) is 12.6 Å². The van der Waals surface area contributed by atoms with Gasteiger partial charge in [-0.3, -0.25) is 0 Å². The molecule has 0 aliphatic carbocycles. The van der Waals surface area contributed by atoms with Gasteiger partial charge in [-0.25, -0.2) is 0 Å². The van der Waals surface area contributed by atoms with Gasteiger partial charge >= 0.3 is 0 Å². The Bertz CT molecular complexity index is 120. The Balaban J connectivity index is 3.60. The van der Waals surface area contributed by atoms with Crippen LogP contribution in [0.2, 0.25) is 0 Å². The third kappa shape index (κ3) is 6.42. The van der Waals surface area contributed by atoms with E-state index in [4.69, 9.17) is 0 Å². The highest BCUT2D eigenvalue weighted by Crippen LogP contribution is 2.10. The lowest BCUT2D eigenvalue weighted by Crippen LogP contribution is -2.33. The van der Waals surface area contributed by atoms with Gasteiger partial charge in [-0.1, -0.05) is 47.5 Å². The predicted molar refractivity (Wildman–Crippen MR) is 65.6 cm³/mol. The van der Waals surface area contributed by atoms with Crippen molar-refractivity contribution in [3.8, 4) is 0 Å². The van der Waals surface area contributed by atoms with Crippen LogP contribution in [0.5, 0.6) is 0 Å². The zero-order valence-corrected chi connectivity index (χ0v) is 10.8. The van der Waals surface area contributed by atoms with Gasteiger partial charge in [0.2, 0.25) is 0 Å². The zero-order valence-electron chi connectivity index (χ0n) is 10.8. The van der Waals surface area contributed by atoms with Crippen LogP contribution >= 0.6 is 0 Å². The van der Waals surface area contributed by atoms with Gasteiger partial charge in [-0.2, -0.15) is 0 Å². The van der Waals surface area contributed by atoms with Crippen LogP contribution in [0.25, 0.3) is 0 Å². The van der Waals surface area contributed by atoms with Crippen LogP contribution in [0, 0.1) is 11.8 Å². The molecular formula is C13H29N. The molecule has 0 aromatic rings. The lowest BCUT2D eigenvalue weighted by molar-refractivity contribution is 0.352. The fourth-order valence-corrected chi connectivity index (χ4v) is 1.49. The van der Waals surface area contributed by atoms with Gasteiger partial charge in [0.1, 0.15) is 0 Å². The summed E-state index contributed by atoms with van der Waals surface area (Å²) >= 11 is 0. The lowest BCUT2D eigenvalue weighted by Gasteiger charge is -2.21. The van der Waals surface area contributed by atoms with Crippen LogP contribution in [0.4, 0.5) is 0 Å². The summed E-state index contributed by atoms with van der Waals surface area (Å²) in [6, 6.07) is 0.746. The molecule has 14 heavy (non-hydrogen) atoms. The van der Waals surface area contributed by atoms with E-state index in [1.165, 1.54) is 32.2 Å². The van der Waals surface area contributed by atoms with Gasteiger partial charge in [-0.15, -0.1) is 0 Å².